The van der Waals surface area contributed by atoms with E-state index in [0.29, 0.717) is 23.2 Å². The summed E-state index contributed by atoms with van der Waals surface area (Å²) in [4.78, 5) is 28.0. The fourth-order valence-electron chi connectivity index (χ4n) is 2.42. The van der Waals surface area contributed by atoms with Crippen LogP contribution in [0.1, 0.15) is 43.5 Å². The number of benzene rings is 1. The molecule has 23 heavy (non-hydrogen) atoms. The van der Waals surface area contributed by atoms with Gasteiger partial charge in [0.2, 0.25) is 0 Å². The van der Waals surface area contributed by atoms with Crippen molar-refractivity contribution in [3.05, 3.63) is 29.8 Å². The summed E-state index contributed by atoms with van der Waals surface area (Å²) in [5.74, 6) is 0.505. The normalized spacial score (nSPS) is 13.8. The number of carbonyl (C=O) groups is 2. The minimum Gasteiger partial charge on any atom is -0.345 e. The Kier molecular flexibility index (Phi) is 5.64. The fourth-order valence-corrected chi connectivity index (χ4v) is 2.42. The molecule has 1 N–H and O–H groups in total. The molecule has 0 spiro atoms. The highest BCUT2D eigenvalue weighted by molar-refractivity contribution is 5.96. The summed E-state index contributed by atoms with van der Waals surface area (Å²) >= 11 is 0. The minimum absolute atomic E-state index is 0.0670. The second kappa shape index (κ2) is 7.49. The summed E-state index contributed by atoms with van der Waals surface area (Å²) in [7, 11) is 3.43. The zero-order valence-corrected chi connectivity index (χ0v) is 14.5. The van der Waals surface area contributed by atoms with Gasteiger partial charge in [0, 0.05) is 37.9 Å². The number of nitrogens with zero attached hydrogens (tertiary/aromatic N) is 2. The van der Waals surface area contributed by atoms with Crippen LogP contribution in [0.25, 0.3) is 0 Å². The van der Waals surface area contributed by atoms with E-state index in [1.54, 1.807) is 32.3 Å². The first-order valence-electron chi connectivity index (χ1n) is 8.28. The van der Waals surface area contributed by atoms with Crippen LogP contribution in [0.15, 0.2) is 24.3 Å². The lowest BCUT2D eigenvalue weighted by molar-refractivity contribution is 0.0827. The molecular weight excluding hydrogens is 290 g/mol. The highest BCUT2D eigenvalue weighted by atomic mass is 16.2. The number of urea groups is 1. The molecule has 1 aliphatic carbocycles. The van der Waals surface area contributed by atoms with E-state index in [1.807, 2.05) is 11.0 Å². The zero-order chi connectivity index (χ0) is 17.0. The van der Waals surface area contributed by atoms with Crippen molar-refractivity contribution in [2.45, 2.75) is 39.2 Å². The summed E-state index contributed by atoms with van der Waals surface area (Å²) in [5, 5.41) is 2.94. The first-order valence-corrected chi connectivity index (χ1v) is 8.28. The van der Waals surface area contributed by atoms with Gasteiger partial charge in [-0.05, 0) is 43.4 Å². The van der Waals surface area contributed by atoms with E-state index in [2.05, 4.69) is 19.2 Å². The maximum atomic E-state index is 12.5. The number of hydrogen-bond donors (Lipinski definition) is 1. The molecule has 126 valence electrons. The summed E-state index contributed by atoms with van der Waals surface area (Å²) in [6, 6.07) is 7.41. The van der Waals surface area contributed by atoms with E-state index in [1.165, 1.54) is 4.90 Å². The molecule has 3 amide bonds. The Morgan fingerprint density at radius 1 is 1.26 bits per heavy atom. The van der Waals surface area contributed by atoms with E-state index in [0.717, 1.165) is 25.8 Å². The number of hydrogen-bond acceptors (Lipinski definition) is 2. The predicted octanol–water partition coefficient (Wildman–Crippen LogP) is 3.43. The van der Waals surface area contributed by atoms with Gasteiger partial charge in [-0.2, -0.15) is 0 Å². The zero-order valence-electron chi connectivity index (χ0n) is 14.5. The number of anilines is 1. The van der Waals surface area contributed by atoms with Crippen molar-refractivity contribution in [1.82, 2.24) is 9.80 Å². The molecule has 2 rings (SSSR count). The van der Waals surface area contributed by atoms with Gasteiger partial charge in [-0.25, -0.2) is 4.79 Å². The lowest BCUT2D eigenvalue weighted by Crippen LogP contribution is -2.38. The van der Waals surface area contributed by atoms with Crippen molar-refractivity contribution < 1.29 is 9.59 Å². The number of amides is 3. The quantitative estimate of drug-likeness (QED) is 0.874. The van der Waals surface area contributed by atoms with E-state index >= 15 is 0 Å². The van der Waals surface area contributed by atoms with Crippen LogP contribution in [-0.2, 0) is 0 Å². The van der Waals surface area contributed by atoms with Gasteiger partial charge >= 0.3 is 6.03 Å². The van der Waals surface area contributed by atoms with Gasteiger partial charge in [-0.15, -0.1) is 0 Å². The smallest absolute Gasteiger partial charge is 0.322 e. The number of nitrogens with one attached hydrogen (secondary N) is 1. The Balaban J connectivity index is 2.03. The summed E-state index contributed by atoms with van der Waals surface area (Å²) in [6.45, 7) is 5.11. The average Bonchev–Trinajstić information content (AvgIpc) is 3.31. The Hall–Kier alpha value is -2.04. The van der Waals surface area contributed by atoms with Crippen molar-refractivity contribution >= 4 is 17.6 Å². The molecule has 0 heterocycles. The van der Waals surface area contributed by atoms with Crippen molar-refractivity contribution in [1.29, 1.82) is 0 Å². The van der Waals surface area contributed by atoms with E-state index in [4.69, 9.17) is 0 Å². The second-order valence-electron chi connectivity index (χ2n) is 6.82. The molecule has 1 aliphatic rings. The molecule has 5 heteroatoms. The molecule has 0 bridgehead atoms. The molecule has 1 aromatic carbocycles. The molecule has 1 saturated carbocycles. The molecule has 5 nitrogen and oxygen atoms in total. The Bertz CT molecular complexity index is 565. The lowest BCUT2D eigenvalue weighted by Gasteiger charge is -2.24. The van der Waals surface area contributed by atoms with Crippen molar-refractivity contribution in [2.24, 2.45) is 5.92 Å². The molecule has 0 atom stereocenters. The van der Waals surface area contributed by atoms with Gasteiger partial charge in [0.1, 0.15) is 0 Å². The minimum atomic E-state index is -0.0695. The molecule has 1 fully saturated rings. The predicted molar refractivity (Wildman–Crippen MR) is 92.7 cm³/mol. The Morgan fingerprint density at radius 3 is 2.52 bits per heavy atom. The van der Waals surface area contributed by atoms with Gasteiger partial charge in [-0.1, -0.05) is 19.9 Å². The van der Waals surface area contributed by atoms with Gasteiger partial charge in [0.25, 0.3) is 5.91 Å². The third-order valence-corrected chi connectivity index (χ3v) is 3.96. The highest BCUT2D eigenvalue weighted by Gasteiger charge is 2.32. The van der Waals surface area contributed by atoms with Crippen LogP contribution in [0.3, 0.4) is 0 Å². The first kappa shape index (κ1) is 17.3. The molecule has 0 radical (unpaired) electrons. The van der Waals surface area contributed by atoms with Gasteiger partial charge in [0.05, 0.1) is 0 Å². The van der Waals surface area contributed by atoms with Gasteiger partial charge < -0.3 is 15.1 Å². The molecule has 0 saturated heterocycles. The van der Waals surface area contributed by atoms with Gasteiger partial charge in [0.15, 0.2) is 0 Å². The highest BCUT2D eigenvalue weighted by Crippen LogP contribution is 2.28. The third kappa shape index (κ3) is 4.98. The molecule has 0 aromatic heterocycles. The standard InChI is InChI=1S/C18H27N3O2/c1-13(2)10-11-21(16-8-9-16)18(23)19-15-7-5-6-14(12-15)17(22)20(3)4/h5-7,12-13,16H,8-11H2,1-4H3,(H,19,23). The van der Waals surface area contributed by atoms with Crippen LogP contribution < -0.4 is 5.32 Å². The largest absolute Gasteiger partial charge is 0.345 e. The van der Waals surface area contributed by atoms with E-state index in [-0.39, 0.29) is 11.9 Å². The van der Waals surface area contributed by atoms with Crippen LogP contribution in [0.2, 0.25) is 0 Å². The fraction of sp³-hybridized carbons (Fsp3) is 0.556. The maximum Gasteiger partial charge on any atom is 0.322 e. The summed E-state index contributed by atoms with van der Waals surface area (Å²) in [6.07, 6.45) is 3.18. The lowest BCUT2D eigenvalue weighted by atomic mass is 10.1. The van der Waals surface area contributed by atoms with Crippen LogP contribution >= 0.6 is 0 Å². The number of carbonyl (C=O) groups excluding carboxylic acids is 2. The molecule has 0 unspecified atom stereocenters. The average molecular weight is 317 g/mol. The van der Waals surface area contributed by atoms with Crippen LogP contribution in [0, 0.1) is 5.92 Å². The molecular formula is C18H27N3O2. The first-order chi connectivity index (χ1) is 10.9. The van der Waals surface area contributed by atoms with Crippen molar-refractivity contribution in [3.8, 4) is 0 Å². The summed E-state index contributed by atoms with van der Waals surface area (Å²) in [5.41, 5.74) is 1.24. The van der Waals surface area contributed by atoms with E-state index in [9.17, 15) is 9.59 Å². The molecule has 0 aliphatic heterocycles. The monoisotopic (exact) mass is 317 g/mol. The van der Waals surface area contributed by atoms with Crippen molar-refractivity contribution in [2.75, 3.05) is 26.0 Å². The van der Waals surface area contributed by atoms with Crippen LogP contribution in [-0.4, -0.2) is 48.4 Å². The van der Waals surface area contributed by atoms with E-state index < -0.39 is 0 Å². The summed E-state index contributed by atoms with van der Waals surface area (Å²) < 4.78 is 0. The van der Waals surface area contributed by atoms with Crippen LogP contribution in [0.4, 0.5) is 10.5 Å². The van der Waals surface area contributed by atoms with Crippen LogP contribution in [0.5, 0.6) is 0 Å². The SMILES string of the molecule is CC(C)CCN(C(=O)Nc1cccc(C(=O)N(C)C)c1)C1CC1. The third-order valence-electron chi connectivity index (χ3n) is 3.96. The molecule has 1 aromatic rings. The number of rotatable bonds is 6. The Labute approximate surface area is 138 Å². The second-order valence-corrected chi connectivity index (χ2v) is 6.82. The topological polar surface area (TPSA) is 52.7 Å². The van der Waals surface area contributed by atoms with Crippen molar-refractivity contribution in [3.63, 3.8) is 0 Å². The Morgan fingerprint density at radius 2 is 1.96 bits per heavy atom. The van der Waals surface area contributed by atoms with Gasteiger partial charge in [-0.3, -0.25) is 4.79 Å². The maximum absolute atomic E-state index is 12.5.